The summed E-state index contributed by atoms with van der Waals surface area (Å²) >= 11 is 0. The first-order valence-corrected chi connectivity index (χ1v) is 21.7. The number of allylic oxidation sites excluding steroid dienone is 4. The van der Waals surface area contributed by atoms with E-state index in [0.29, 0.717) is 12.8 Å². The zero-order valence-electron chi connectivity index (χ0n) is 33.2. The Kier molecular flexibility index (Phi) is 38.1. The van der Waals surface area contributed by atoms with Crippen LogP contribution in [-0.4, -0.2) is 57.3 Å². The van der Waals surface area contributed by atoms with E-state index in [2.05, 4.69) is 43.5 Å². The fourth-order valence-electron chi connectivity index (χ4n) is 6.67. The summed E-state index contributed by atoms with van der Waals surface area (Å²) in [6.07, 6.45) is 43.6. The predicted octanol–water partition coefficient (Wildman–Crippen LogP) is 11.2. The molecule has 0 aliphatic rings. The number of aliphatic hydroxyl groups excluding tert-OH is 4. The molecule has 0 spiro atoms. The quantitative estimate of drug-likeness (QED) is 0.0323. The van der Waals surface area contributed by atoms with Gasteiger partial charge in [0.1, 0.15) is 12.2 Å². The third-order valence-electron chi connectivity index (χ3n) is 10.2. The number of carbonyl (C=O) groups is 1. The molecule has 0 aromatic carbocycles. The fraction of sp³-hybridized carbons (Fsp3) is 0.886. The van der Waals surface area contributed by atoms with Gasteiger partial charge < -0.3 is 25.7 Å². The van der Waals surface area contributed by atoms with Gasteiger partial charge in [-0.25, -0.2) is 0 Å². The topological polar surface area (TPSA) is 110 Å². The Labute approximate surface area is 310 Å². The monoisotopic (exact) mass is 708 g/mol. The lowest BCUT2D eigenvalue weighted by Gasteiger charge is -2.27. The van der Waals surface area contributed by atoms with Crippen molar-refractivity contribution < 1.29 is 25.2 Å². The van der Waals surface area contributed by atoms with Crippen molar-refractivity contribution >= 4 is 5.91 Å². The molecular weight excluding hydrogens is 622 g/mol. The average molecular weight is 708 g/mol. The number of hydrogen-bond donors (Lipinski definition) is 5. The van der Waals surface area contributed by atoms with Crippen LogP contribution in [0.2, 0.25) is 0 Å². The lowest BCUT2D eigenvalue weighted by molar-refractivity contribution is -0.132. The molecule has 0 saturated heterocycles. The van der Waals surface area contributed by atoms with Crippen molar-refractivity contribution in [2.75, 3.05) is 6.61 Å². The highest BCUT2D eigenvalue weighted by Gasteiger charge is 2.28. The second-order valence-electron chi connectivity index (χ2n) is 15.0. The van der Waals surface area contributed by atoms with Crippen LogP contribution >= 0.6 is 0 Å². The van der Waals surface area contributed by atoms with Crippen molar-refractivity contribution in [1.82, 2.24) is 5.32 Å². The highest BCUT2D eigenvalue weighted by atomic mass is 16.3. The van der Waals surface area contributed by atoms with Crippen molar-refractivity contribution in [2.24, 2.45) is 0 Å². The minimum atomic E-state index is -1.26. The van der Waals surface area contributed by atoms with Gasteiger partial charge in [0.2, 0.25) is 5.91 Å². The van der Waals surface area contributed by atoms with Crippen molar-refractivity contribution in [3.05, 3.63) is 24.3 Å². The Hall–Kier alpha value is -1.21. The Morgan fingerprint density at radius 1 is 0.500 bits per heavy atom. The molecule has 0 aromatic heterocycles. The highest BCUT2D eigenvalue weighted by molar-refractivity contribution is 5.80. The number of nitrogens with one attached hydrogen (secondary N) is 1. The minimum absolute atomic E-state index is 0.363. The van der Waals surface area contributed by atoms with Gasteiger partial charge in [-0.1, -0.05) is 199 Å². The van der Waals surface area contributed by atoms with E-state index >= 15 is 0 Å². The maximum absolute atomic E-state index is 12.5. The lowest BCUT2D eigenvalue weighted by atomic mass is 9.99. The molecule has 0 radical (unpaired) electrons. The first-order chi connectivity index (χ1) is 24.5. The van der Waals surface area contributed by atoms with E-state index in [0.717, 1.165) is 44.9 Å². The molecule has 0 aromatic rings. The van der Waals surface area contributed by atoms with Crippen LogP contribution in [-0.2, 0) is 4.79 Å². The summed E-state index contributed by atoms with van der Waals surface area (Å²) in [5.74, 6) is -0.589. The number of carbonyl (C=O) groups excluding carboxylic acids is 1. The molecule has 4 atom stereocenters. The fourth-order valence-corrected chi connectivity index (χ4v) is 6.67. The minimum Gasteiger partial charge on any atom is -0.394 e. The molecule has 1 amide bonds. The SMILES string of the molecule is CCCCCCCCCCC/C=C\C/C=C\CCCCCCCCCCC(O)C(=O)NC(CO)C(O)C(O)CCCCCCCCCCCC. The summed E-state index contributed by atoms with van der Waals surface area (Å²) < 4.78 is 0. The van der Waals surface area contributed by atoms with Gasteiger partial charge in [-0.15, -0.1) is 0 Å². The molecule has 5 N–H and O–H groups in total. The molecule has 0 aliphatic carbocycles. The molecule has 6 nitrogen and oxygen atoms in total. The molecule has 0 bridgehead atoms. The summed E-state index contributed by atoms with van der Waals surface area (Å²) in [4.78, 5) is 12.5. The van der Waals surface area contributed by atoms with Crippen molar-refractivity contribution in [2.45, 2.75) is 244 Å². The van der Waals surface area contributed by atoms with Crippen LogP contribution in [0.5, 0.6) is 0 Å². The van der Waals surface area contributed by atoms with Gasteiger partial charge >= 0.3 is 0 Å². The molecule has 296 valence electrons. The summed E-state index contributed by atoms with van der Waals surface area (Å²) in [5, 5.41) is 43.5. The zero-order chi connectivity index (χ0) is 36.8. The van der Waals surface area contributed by atoms with E-state index in [1.165, 1.54) is 148 Å². The molecule has 6 heteroatoms. The molecule has 4 unspecified atom stereocenters. The molecule has 0 heterocycles. The van der Waals surface area contributed by atoms with Crippen molar-refractivity contribution in [3.8, 4) is 0 Å². The molecule has 0 fully saturated rings. The number of hydrogen-bond acceptors (Lipinski definition) is 5. The first-order valence-electron chi connectivity index (χ1n) is 21.7. The summed E-state index contributed by atoms with van der Waals surface area (Å²) in [6, 6.07) is -0.984. The van der Waals surface area contributed by atoms with Crippen LogP contribution in [0, 0.1) is 0 Å². The van der Waals surface area contributed by atoms with E-state index in [-0.39, 0.29) is 0 Å². The Bertz CT molecular complexity index is 757. The van der Waals surface area contributed by atoms with Crippen LogP contribution < -0.4 is 5.32 Å². The van der Waals surface area contributed by atoms with E-state index in [4.69, 9.17) is 0 Å². The van der Waals surface area contributed by atoms with Gasteiger partial charge in [-0.05, 0) is 44.9 Å². The standard InChI is InChI=1S/C44H85NO5/c1-3-5-7-9-11-13-15-16-17-18-19-20-21-22-23-24-25-26-27-28-30-32-34-36-38-42(48)44(50)45-40(39-46)43(49)41(47)37-35-33-31-29-14-12-10-8-6-4-2/h19-20,22-23,40-43,46-49H,3-18,21,24-39H2,1-2H3,(H,45,50)/b20-19-,23-22-. The highest BCUT2D eigenvalue weighted by Crippen LogP contribution is 2.16. The number of rotatable bonds is 39. The smallest absolute Gasteiger partial charge is 0.249 e. The molecular formula is C44H85NO5. The number of aliphatic hydroxyl groups is 4. The Morgan fingerprint density at radius 3 is 1.26 bits per heavy atom. The Balaban J connectivity index is 3.70. The molecule has 0 aliphatic heterocycles. The second kappa shape index (κ2) is 39.0. The molecule has 0 saturated carbocycles. The van der Waals surface area contributed by atoms with E-state index in [9.17, 15) is 25.2 Å². The largest absolute Gasteiger partial charge is 0.394 e. The van der Waals surface area contributed by atoms with Crippen molar-refractivity contribution in [3.63, 3.8) is 0 Å². The van der Waals surface area contributed by atoms with E-state index in [1.54, 1.807) is 0 Å². The maximum Gasteiger partial charge on any atom is 0.249 e. The normalized spacial score (nSPS) is 14.4. The van der Waals surface area contributed by atoms with Crippen LogP contribution in [0.25, 0.3) is 0 Å². The van der Waals surface area contributed by atoms with Crippen LogP contribution in [0.1, 0.15) is 219 Å². The summed E-state index contributed by atoms with van der Waals surface area (Å²) in [7, 11) is 0. The zero-order valence-corrected chi connectivity index (χ0v) is 33.2. The van der Waals surface area contributed by atoms with E-state index in [1.807, 2.05) is 0 Å². The predicted molar refractivity (Wildman–Crippen MR) is 214 cm³/mol. The van der Waals surface area contributed by atoms with Gasteiger partial charge in [0.15, 0.2) is 0 Å². The van der Waals surface area contributed by atoms with Crippen molar-refractivity contribution in [1.29, 1.82) is 0 Å². The van der Waals surface area contributed by atoms with Gasteiger partial charge in [0.05, 0.1) is 18.8 Å². The lowest BCUT2D eigenvalue weighted by Crippen LogP contribution is -2.53. The van der Waals surface area contributed by atoms with Gasteiger partial charge in [0, 0.05) is 0 Å². The van der Waals surface area contributed by atoms with Gasteiger partial charge in [-0.3, -0.25) is 4.79 Å². The Morgan fingerprint density at radius 2 is 0.860 bits per heavy atom. The first kappa shape index (κ1) is 48.8. The third kappa shape index (κ3) is 32.7. The average Bonchev–Trinajstić information content (AvgIpc) is 3.12. The van der Waals surface area contributed by atoms with E-state index < -0.39 is 36.9 Å². The number of unbranched alkanes of at least 4 members (excludes halogenated alkanes) is 26. The van der Waals surface area contributed by atoms with Crippen LogP contribution in [0.15, 0.2) is 24.3 Å². The molecule has 50 heavy (non-hydrogen) atoms. The van der Waals surface area contributed by atoms with Gasteiger partial charge in [-0.2, -0.15) is 0 Å². The third-order valence-corrected chi connectivity index (χ3v) is 10.2. The summed E-state index contributed by atoms with van der Waals surface area (Å²) in [6.45, 7) is 4.02. The number of amides is 1. The maximum atomic E-state index is 12.5. The van der Waals surface area contributed by atoms with Crippen LogP contribution in [0.3, 0.4) is 0 Å². The van der Waals surface area contributed by atoms with Crippen LogP contribution in [0.4, 0.5) is 0 Å². The molecule has 0 rings (SSSR count). The van der Waals surface area contributed by atoms with Gasteiger partial charge in [0.25, 0.3) is 0 Å². The second-order valence-corrected chi connectivity index (χ2v) is 15.0. The summed E-state index contributed by atoms with van der Waals surface area (Å²) in [5.41, 5.74) is 0.